The smallest absolute Gasteiger partial charge is 0.281 e. The number of anilines is 2. The summed E-state index contributed by atoms with van der Waals surface area (Å²) in [5, 5.41) is 2.59. The topological polar surface area (TPSA) is 113 Å². The molecule has 2 N–H and O–H groups in total. The van der Waals surface area contributed by atoms with Gasteiger partial charge in [-0.2, -0.15) is 12.8 Å². The first-order valence-electron chi connectivity index (χ1n) is 10.6. The van der Waals surface area contributed by atoms with Crippen molar-refractivity contribution in [1.82, 2.24) is 4.83 Å². The van der Waals surface area contributed by atoms with E-state index < -0.39 is 53.1 Å². The number of hydrogen-bond acceptors (Lipinski definition) is 5. The van der Waals surface area contributed by atoms with E-state index >= 15 is 0 Å². The summed E-state index contributed by atoms with van der Waals surface area (Å²) >= 11 is 0. The molecule has 0 fully saturated rings. The van der Waals surface area contributed by atoms with E-state index in [4.69, 9.17) is 0 Å². The van der Waals surface area contributed by atoms with Crippen LogP contribution in [0.15, 0.2) is 113 Å². The van der Waals surface area contributed by atoms with Crippen LogP contribution in [-0.2, 0) is 20.0 Å². The third-order valence-corrected chi connectivity index (χ3v) is 8.19. The van der Waals surface area contributed by atoms with Gasteiger partial charge in [-0.3, -0.25) is 4.79 Å². The standard InChI is InChI=1S/C25H19F2N3O5S2/c26-20-13-5-8-16-23(20)36(32,33)29-30(37(34,35)24-17-9-6-14-21(24)27)22-15-7-4-12-19(22)25(31)28-18-10-2-1-3-11-18/h1-17,29H,(H,28,31). The molecule has 190 valence electrons. The van der Waals surface area contributed by atoms with Gasteiger partial charge in [0.05, 0.1) is 11.3 Å². The minimum absolute atomic E-state index is 0.146. The average Bonchev–Trinajstić information content (AvgIpc) is 2.88. The van der Waals surface area contributed by atoms with Crippen LogP contribution in [0, 0.1) is 11.6 Å². The first kappa shape index (κ1) is 25.9. The largest absolute Gasteiger partial charge is 0.322 e. The van der Waals surface area contributed by atoms with Crippen LogP contribution < -0.4 is 14.6 Å². The van der Waals surface area contributed by atoms with Crippen LogP contribution >= 0.6 is 0 Å². The molecule has 0 saturated heterocycles. The Kier molecular flexibility index (Phi) is 7.34. The molecule has 4 aromatic rings. The van der Waals surface area contributed by atoms with Crippen LogP contribution in [-0.4, -0.2) is 22.7 Å². The van der Waals surface area contributed by atoms with E-state index in [9.17, 15) is 30.4 Å². The summed E-state index contributed by atoms with van der Waals surface area (Å²) < 4.78 is 82.6. The van der Waals surface area contributed by atoms with Gasteiger partial charge >= 0.3 is 0 Å². The molecule has 4 aromatic carbocycles. The molecule has 0 radical (unpaired) electrons. The van der Waals surface area contributed by atoms with E-state index in [1.165, 1.54) is 42.5 Å². The zero-order chi connectivity index (χ0) is 26.6. The molecule has 0 aliphatic heterocycles. The lowest BCUT2D eigenvalue weighted by molar-refractivity contribution is 0.102. The van der Waals surface area contributed by atoms with Gasteiger partial charge in [-0.1, -0.05) is 54.6 Å². The minimum atomic E-state index is -5.00. The van der Waals surface area contributed by atoms with Gasteiger partial charge in [-0.15, -0.1) is 4.83 Å². The van der Waals surface area contributed by atoms with Crippen molar-refractivity contribution in [3.05, 3.63) is 120 Å². The molecule has 12 heteroatoms. The van der Waals surface area contributed by atoms with E-state index in [0.29, 0.717) is 5.69 Å². The van der Waals surface area contributed by atoms with Gasteiger partial charge in [-0.25, -0.2) is 17.2 Å². The quantitative estimate of drug-likeness (QED) is 0.322. The van der Waals surface area contributed by atoms with Crippen LogP contribution in [0.1, 0.15) is 10.4 Å². The molecular formula is C25H19F2N3O5S2. The molecule has 0 atom stereocenters. The number of benzene rings is 4. The van der Waals surface area contributed by atoms with Crippen LogP contribution in [0.4, 0.5) is 20.2 Å². The number of amides is 1. The lowest BCUT2D eigenvalue weighted by atomic mass is 10.1. The number of nitrogens with one attached hydrogen (secondary N) is 2. The summed E-state index contributed by atoms with van der Waals surface area (Å²) in [6.07, 6.45) is 0. The van der Waals surface area contributed by atoms with E-state index in [1.807, 2.05) is 4.83 Å². The van der Waals surface area contributed by atoms with E-state index in [2.05, 4.69) is 5.32 Å². The van der Waals surface area contributed by atoms with Crippen molar-refractivity contribution in [3.8, 4) is 0 Å². The summed E-state index contributed by atoms with van der Waals surface area (Å²) in [4.78, 5) is 13.2. The predicted molar refractivity (Wildman–Crippen MR) is 134 cm³/mol. The van der Waals surface area contributed by atoms with Gasteiger partial charge in [0.15, 0.2) is 0 Å². The van der Waals surface area contributed by atoms with Gasteiger partial charge in [0.2, 0.25) is 0 Å². The molecule has 0 aliphatic rings. The fraction of sp³-hybridized carbons (Fsp3) is 0. The lowest BCUT2D eigenvalue weighted by Gasteiger charge is -2.26. The second kappa shape index (κ2) is 10.5. The Morgan fingerprint density at radius 1 is 0.649 bits per heavy atom. The van der Waals surface area contributed by atoms with Gasteiger partial charge in [0, 0.05) is 5.69 Å². The van der Waals surface area contributed by atoms with Gasteiger partial charge in [0.25, 0.3) is 26.0 Å². The van der Waals surface area contributed by atoms with Gasteiger partial charge in [-0.05, 0) is 48.5 Å². The summed E-state index contributed by atoms with van der Waals surface area (Å²) in [5.41, 5.74) is -0.320. The Morgan fingerprint density at radius 2 is 1.16 bits per heavy atom. The number of nitrogens with zero attached hydrogens (tertiary/aromatic N) is 1. The van der Waals surface area contributed by atoms with Crippen LogP contribution in [0.3, 0.4) is 0 Å². The van der Waals surface area contributed by atoms with Crippen molar-refractivity contribution in [2.75, 3.05) is 9.73 Å². The zero-order valence-corrected chi connectivity index (χ0v) is 20.5. The number of carbonyl (C=O) groups excluding carboxylic acids is 1. The highest BCUT2D eigenvalue weighted by atomic mass is 32.2. The number of sulfonamides is 2. The van der Waals surface area contributed by atoms with Gasteiger partial charge < -0.3 is 5.32 Å². The first-order chi connectivity index (χ1) is 17.6. The maximum absolute atomic E-state index is 14.6. The molecule has 0 aliphatic carbocycles. The zero-order valence-electron chi connectivity index (χ0n) is 18.9. The van der Waals surface area contributed by atoms with Gasteiger partial charge in [0.1, 0.15) is 21.4 Å². The van der Waals surface area contributed by atoms with Crippen molar-refractivity contribution < 1.29 is 30.4 Å². The second-order valence-electron chi connectivity index (χ2n) is 7.56. The van der Waals surface area contributed by atoms with Crippen molar-refractivity contribution in [3.63, 3.8) is 0 Å². The summed E-state index contributed by atoms with van der Waals surface area (Å²) in [6, 6.07) is 22.1. The molecule has 0 bridgehead atoms. The number of halogens is 2. The Balaban J connectivity index is 1.87. The average molecular weight is 544 g/mol. The fourth-order valence-electron chi connectivity index (χ4n) is 3.36. The van der Waals surface area contributed by atoms with Crippen LogP contribution in [0.25, 0.3) is 0 Å². The first-order valence-corrected chi connectivity index (χ1v) is 13.6. The molecule has 1 amide bonds. The third-order valence-electron chi connectivity index (χ3n) is 5.08. The van der Waals surface area contributed by atoms with Crippen molar-refractivity contribution >= 4 is 37.3 Å². The lowest BCUT2D eigenvalue weighted by Crippen LogP contribution is -2.47. The Labute approximate surface area is 212 Å². The normalized spacial score (nSPS) is 11.6. The van der Waals surface area contributed by atoms with Crippen LogP contribution in [0.2, 0.25) is 0 Å². The number of para-hydroxylation sites is 2. The van der Waals surface area contributed by atoms with Crippen molar-refractivity contribution in [2.45, 2.75) is 9.79 Å². The summed E-state index contributed by atoms with van der Waals surface area (Å²) in [6.45, 7) is 0. The molecule has 0 aromatic heterocycles. The highest BCUT2D eigenvalue weighted by molar-refractivity contribution is 7.95. The highest BCUT2D eigenvalue weighted by Gasteiger charge is 2.35. The molecule has 0 saturated carbocycles. The fourth-order valence-corrected chi connectivity index (χ4v) is 6.23. The number of carbonyl (C=O) groups is 1. The van der Waals surface area contributed by atoms with Crippen LogP contribution in [0.5, 0.6) is 0 Å². The summed E-state index contributed by atoms with van der Waals surface area (Å²) in [7, 11) is -9.88. The molecule has 4 rings (SSSR count). The number of hydrazine groups is 1. The number of rotatable bonds is 8. The van der Waals surface area contributed by atoms with Crippen molar-refractivity contribution in [2.24, 2.45) is 0 Å². The minimum Gasteiger partial charge on any atom is -0.322 e. The van der Waals surface area contributed by atoms with E-state index in [-0.39, 0.29) is 9.98 Å². The molecule has 0 heterocycles. The molecule has 0 unspecified atom stereocenters. The predicted octanol–water partition coefficient (Wildman–Crippen LogP) is 4.31. The van der Waals surface area contributed by atoms with E-state index in [0.717, 1.165) is 30.3 Å². The van der Waals surface area contributed by atoms with Crippen molar-refractivity contribution in [1.29, 1.82) is 0 Å². The maximum atomic E-state index is 14.6. The molecular weight excluding hydrogens is 524 g/mol. The maximum Gasteiger partial charge on any atom is 0.281 e. The third kappa shape index (κ3) is 5.50. The van der Waals surface area contributed by atoms with E-state index in [1.54, 1.807) is 30.3 Å². The molecule has 0 spiro atoms. The monoisotopic (exact) mass is 543 g/mol. The SMILES string of the molecule is O=C(Nc1ccccc1)c1ccccc1N(NS(=O)(=O)c1ccccc1F)S(=O)(=O)c1ccccc1F. The highest BCUT2D eigenvalue weighted by Crippen LogP contribution is 2.29. The molecule has 8 nitrogen and oxygen atoms in total. The number of hydrogen-bond donors (Lipinski definition) is 2. The molecule has 37 heavy (non-hydrogen) atoms. The Bertz CT molecular complexity index is 1660. The summed E-state index contributed by atoms with van der Waals surface area (Å²) in [5.74, 6) is -3.09. The Morgan fingerprint density at radius 3 is 1.78 bits per heavy atom. The second-order valence-corrected chi connectivity index (χ2v) is 10.9. The Hall–Kier alpha value is -4.13.